The molecule has 0 radical (unpaired) electrons. The number of hydrogen-bond acceptors (Lipinski definition) is 5. The molecule has 1 N–H and O–H groups in total. The lowest BCUT2D eigenvalue weighted by Gasteiger charge is -2.22. The zero-order valence-electron chi connectivity index (χ0n) is 15.8. The number of piperidine rings is 1. The highest BCUT2D eigenvalue weighted by molar-refractivity contribution is 5.85. The second-order valence-corrected chi connectivity index (χ2v) is 7.36. The van der Waals surface area contributed by atoms with Crippen LogP contribution in [0, 0.1) is 0 Å². The van der Waals surface area contributed by atoms with Crippen LogP contribution in [-0.2, 0) is 17.9 Å². The summed E-state index contributed by atoms with van der Waals surface area (Å²) >= 11 is 0. The Labute approximate surface area is 159 Å². The molecule has 3 heterocycles. The van der Waals surface area contributed by atoms with Crippen LogP contribution in [0.1, 0.15) is 49.9 Å². The molecule has 144 valence electrons. The van der Waals surface area contributed by atoms with Crippen LogP contribution in [0.2, 0.25) is 0 Å². The number of benzene rings is 1. The fraction of sp³-hybridized carbons (Fsp3) is 0.550. The van der Waals surface area contributed by atoms with Crippen molar-refractivity contribution in [2.45, 2.75) is 57.7 Å². The Morgan fingerprint density at radius 3 is 2.70 bits per heavy atom. The molecule has 0 spiro atoms. The molecule has 1 fully saturated rings. The van der Waals surface area contributed by atoms with Gasteiger partial charge in [0.25, 0.3) is 0 Å². The first-order chi connectivity index (χ1) is 13.2. The zero-order valence-corrected chi connectivity index (χ0v) is 15.8. The van der Waals surface area contributed by atoms with Gasteiger partial charge in [-0.3, -0.25) is 4.57 Å². The van der Waals surface area contributed by atoms with Crippen molar-refractivity contribution < 1.29 is 4.84 Å². The van der Waals surface area contributed by atoms with Gasteiger partial charge in [-0.2, -0.15) is 5.10 Å². The van der Waals surface area contributed by atoms with E-state index in [-0.39, 0.29) is 11.8 Å². The summed E-state index contributed by atoms with van der Waals surface area (Å²) in [4.78, 5) is 18.6. The summed E-state index contributed by atoms with van der Waals surface area (Å²) in [6.45, 7) is 5.01. The van der Waals surface area contributed by atoms with Crippen molar-refractivity contribution in [3.05, 3.63) is 52.2 Å². The number of nitrogens with zero attached hydrogens (tertiary/aromatic N) is 4. The molecule has 1 atom stereocenters. The molecule has 4 rings (SSSR count). The van der Waals surface area contributed by atoms with Crippen LogP contribution >= 0.6 is 0 Å². The van der Waals surface area contributed by atoms with E-state index in [1.807, 2.05) is 22.8 Å². The second-order valence-electron chi connectivity index (χ2n) is 7.36. The molecule has 2 aliphatic heterocycles. The Kier molecular flexibility index (Phi) is 5.38. The lowest BCUT2D eigenvalue weighted by Crippen LogP contribution is -2.31. The monoisotopic (exact) mass is 369 g/mol. The maximum absolute atomic E-state index is 13.1. The highest BCUT2D eigenvalue weighted by Crippen LogP contribution is 2.23. The maximum Gasteiger partial charge on any atom is 0.346 e. The smallest absolute Gasteiger partial charge is 0.346 e. The first kappa shape index (κ1) is 18.0. The minimum Gasteiger partial charge on any atom is -0.390 e. The molecule has 1 aromatic carbocycles. The molecule has 0 aliphatic carbocycles. The van der Waals surface area contributed by atoms with Gasteiger partial charge in [0.1, 0.15) is 5.82 Å². The first-order valence-electron chi connectivity index (χ1n) is 9.88. The van der Waals surface area contributed by atoms with Crippen molar-refractivity contribution in [2.24, 2.45) is 5.16 Å². The van der Waals surface area contributed by atoms with Gasteiger partial charge in [-0.15, -0.1) is 0 Å². The highest BCUT2D eigenvalue weighted by Gasteiger charge is 2.27. The fourth-order valence-electron chi connectivity index (χ4n) is 3.86. The Morgan fingerprint density at radius 1 is 1.22 bits per heavy atom. The maximum atomic E-state index is 13.1. The van der Waals surface area contributed by atoms with Crippen LogP contribution in [0.15, 0.2) is 40.3 Å². The quantitative estimate of drug-likeness (QED) is 0.846. The number of rotatable bonds is 6. The molecule has 2 aliphatic rings. The van der Waals surface area contributed by atoms with E-state index in [0.717, 1.165) is 55.9 Å². The first-order valence-corrected chi connectivity index (χ1v) is 9.88. The van der Waals surface area contributed by atoms with Crippen LogP contribution in [0.3, 0.4) is 0 Å². The second kappa shape index (κ2) is 8.08. The molecule has 1 aromatic heterocycles. The van der Waals surface area contributed by atoms with Gasteiger partial charge in [-0.25, -0.2) is 9.48 Å². The summed E-state index contributed by atoms with van der Waals surface area (Å²) in [6, 6.07) is 10.1. The lowest BCUT2D eigenvalue weighted by molar-refractivity contribution is 0.0687. The van der Waals surface area contributed by atoms with Gasteiger partial charge in [-0.05, 0) is 37.9 Å². The third-order valence-corrected chi connectivity index (χ3v) is 5.42. The average Bonchev–Trinajstić information content (AvgIpc) is 3.29. The molecule has 0 saturated carbocycles. The normalized spacial score (nSPS) is 20.5. The Morgan fingerprint density at radius 2 is 2.00 bits per heavy atom. The third kappa shape index (κ3) is 3.98. The van der Waals surface area contributed by atoms with Crippen molar-refractivity contribution >= 4 is 5.71 Å². The van der Waals surface area contributed by atoms with Gasteiger partial charge >= 0.3 is 5.69 Å². The molecular weight excluding hydrogens is 342 g/mol. The molecule has 1 saturated heterocycles. The van der Waals surface area contributed by atoms with Gasteiger partial charge in [0.2, 0.25) is 0 Å². The van der Waals surface area contributed by atoms with Crippen LogP contribution in [-0.4, -0.2) is 39.3 Å². The predicted molar refractivity (Wildman–Crippen MR) is 104 cm³/mol. The van der Waals surface area contributed by atoms with E-state index < -0.39 is 0 Å². The van der Waals surface area contributed by atoms with E-state index in [4.69, 9.17) is 9.94 Å². The van der Waals surface area contributed by atoms with Gasteiger partial charge in [0.15, 0.2) is 6.10 Å². The van der Waals surface area contributed by atoms with Crippen LogP contribution in [0.25, 0.3) is 0 Å². The summed E-state index contributed by atoms with van der Waals surface area (Å²) in [5, 5.41) is 12.2. The van der Waals surface area contributed by atoms with Crippen molar-refractivity contribution in [2.75, 3.05) is 13.1 Å². The molecule has 7 heteroatoms. The molecule has 2 aromatic rings. The zero-order chi connectivity index (χ0) is 18.6. The molecule has 1 unspecified atom stereocenters. The number of nitrogens with one attached hydrogen (secondary N) is 1. The Hall–Kier alpha value is -2.41. The van der Waals surface area contributed by atoms with Crippen molar-refractivity contribution in [3.8, 4) is 0 Å². The van der Waals surface area contributed by atoms with E-state index in [1.54, 1.807) is 4.68 Å². The summed E-state index contributed by atoms with van der Waals surface area (Å²) in [6.07, 6.45) is 3.58. The SMILES string of the molecule is CCC1=NOC(Cn2nc(C3CCNCC3)n(Cc3ccccc3)c2=O)C1. The lowest BCUT2D eigenvalue weighted by atomic mass is 9.97. The van der Waals surface area contributed by atoms with Crippen molar-refractivity contribution in [3.63, 3.8) is 0 Å². The fourth-order valence-corrected chi connectivity index (χ4v) is 3.86. The molecule has 27 heavy (non-hydrogen) atoms. The number of oxime groups is 1. The largest absolute Gasteiger partial charge is 0.390 e. The predicted octanol–water partition coefficient (Wildman–Crippen LogP) is 2.11. The highest BCUT2D eigenvalue weighted by atomic mass is 16.6. The summed E-state index contributed by atoms with van der Waals surface area (Å²) in [7, 11) is 0. The minimum absolute atomic E-state index is 0.0547. The van der Waals surface area contributed by atoms with Gasteiger partial charge < -0.3 is 10.2 Å². The van der Waals surface area contributed by atoms with E-state index >= 15 is 0 Å². The van der Waals surface area contributed by atoms with E-state index in [0.29, 0.717) is 19.0 Å². The van der Waals surface area contributed by atoms with E-state index in [2.05, 4.69) is 29.5 Å². The Balaban J connectivity index is 1.61. The summed E-state index contributed by atoms with van der Waals surface area (Å²) < 4.78 is 3.43. The van der Waals surface area contributed by atoms with Crippen molar-refractivity contribution in [1.29, 1.82) is 0 Å². The van der Waals surface area contributed by atoms with Crippen LogP contribution in [0.5, 0.6) is 0 Å². The summed E-state index contributed by atoms with van der Waals surface area (Å²) in [5.74, 6) is 1.22. The van der Waals surface area contributed by atoms with Gasteiger partial charge in [0, 0.05) is 12.3 Å². The average molecular weight is 369 g/mol. The molecule has 0 amide bonds. The molecule has 7 nitrogen and oxygen atoms in total. The van der Waals surface area contributed by atoms with Crippen LogP contribution in [0.4, 0.5) is 0 Å². The third-order valence-electron chi connectivity index (χ3n) is 5.42. The summed E-state index contributed by atoms with van der Waals surface area (Å²) in [5.41, 5.74) is 2.11. The molecular formula is C20H27N5O2. The van der Waals surface area contributed by atoms with E-state index in [9.17, 15) is 4.79 Å². The van der Waals surface area contributed by atoms with E-state index in [1.165, 1.54) is 0 Å². The standard InChI is InChI=1S/C20H27N5O2/c1-2-17-12-18(27-23-17)14-25-20(26)24(13-15-6-4-3-5-7-15)19(22-25)16-8-10-21-11-9-16/h3-7,16,18,21H,2,8-14H2,1H3. The van der Waals surface area contributed by atoms with Crippen molar-refractivity contribution in [1.82, 2.24) is 19.7 Å². The topological polar surface area (TPSA) is 73.4 Å². The van der Waals surface area contributed by atoms with Gasteiger partial charge in [0.05, 0.1) is 18.8 Å². The number of hydrogen-bond donors (Lipinski definition) is 1. The minimum atomic E-state index is -0.0985. The molecule has 0 bridgehead atoms. The number of aromatic nitrogens is 3. The van der Waals surface area contributed by atoms with Crippen LogP contribution < -0.4 is 11.0 Å². The Bertz CT molecular complexity index is 849. The van der Waals surface area contributed by atoms with Gasteiger partial charge in [-0.1, -0.05) is 42.4 Å².